The molecule has 0 aliphatic carbocycles. The van der Waals surface area contributed by atoms with E-state index in [2.05, 4.69) is 10.4 Å². The SMILES string of the molecule is O=C(CSc1nn(-c2ccc(Cl)cc2)c(=S)s1)NC1CCS(=O)(=O)C1. The van der Waals surface area contributed by atoms with Gasteiger partial charge in [-0.25, -0.2) is 13.1 Å². The minimum Gasteiger partial charge on any atom is -0.352 e. The van der Waals surface area contributed by atoms with Crippen molar-refractivity contribution in [2.24, 2.45) is 0 Å². The van der Waals surface area contributed by atoms with Crippen LogP contribution in [0.25, 0.3) is 5.69 Å². The lowest BCUT2D eigenvalue weighted by molar-refractivity contribution is -0.119. The average molecular weight is 436 g/mol. The molecule has 1 aromatic carbocycles. The fourth-order valence-corrected chi connectivity index (χ4v) is 6.34. The summed E-state index contributed by atoms with van der Waals surface area (Å²) in [5.74, 6) is 0.122. The largest absolute Gasteiger partial charge is 0.352 e. The Kier molecular flexibility index (Phi) is 5.84. The number of thioether (sulfide) groups is 1. The molecule has 1 saturated heterocycles. The molecule has 1 atom stereocenters. The molecule has 0 radical (unpaired) electrons. The van der Waals surface area contributed by atoms with Crippen molar-refractivity contribution in [3.05, 3.63) is 33.2 Å². The second kappa shape index (κ2) is 7.75. The lowest BCUT2D eigenvalue weighted by atomic mass is 10.3. The Morgan fingerprint density at radius 2 is 2.16 bits per heavy atom. The maximum atomic E-state index is 12.0. The Balaban J connectivity index is 1.59. The Bertz CT molecular complexity index is 937. The number of carbonyl (C=O) groups is 1. The van der Waals surface area contributed by atoms with E-state index in [-0.39, 0.29) is 29.2 Å². The zero-order chi connectivity index (χ0) is 18.0. The monoisotopic (exact) mass is 435 g/mol. The molecule has 2 heterocycles. The van der Waals surface area contributed by atoms with E-state index in [1.807, 2.05) is 12.1 Å². The van der Waals surface area contributed by atoms with Gasteiger partial charge in [-0.2, -0.15) is 0 Å². The highest BCUT2D eigenvalue weighted by Crippen LogP contribution is 2.24. The number of hydrogen-bond donors (Lipinski definition) is 1. The first-order chi connectivity index (χ1) is 11.8. The molecule has 134 valence electrons. The van der Waals surface area contributed by atoms with Crippen LogP contribution in [0.1, 0.15) is 6.42 Å². The summed E-state index contributed by atoms with van der Waals surface area (Å²) in [6, 6.07) is 6.86. The summed E-state index contributed by atoms with van der Waals surface area (Å²) < 4.78 is 25.7. The van der Waals surface area contributed by atoms with Gasteiger partial charge in [0.15, 0.2) is 18.1 Å². The Hall–Kier alpha value is -0.940. The molecule has 25 heavy (non-hydrogen) atoms. The van der Waals surface area contributed by atoms with Gasteiger partial charge in [0, 0.05) is 11.1 Å². The highest BCUT2D eigenvalue weighted by Gasteiger charge is 2.28. The van der Waals surface area contributed by atoms with Crippen molar-refractivity contribution >= 4 is 62.7 Å². The van der Waals surface area contributed by atoms with Gasteiger partial charge in [0.2, 0.25) is 5.91 Å². The van der Waals surface area contributed by atoms with E-state index in [1.165, 1.54) is 23.1 Å². The number of nitrogens with zero attached hydrogens (tertiary/aromatic N) is 2. The van der Waals surface area contributed by atoms with Gasteiger partial charge >= 0.3 is 0 Å². The van der Waals surface area contributed by atoms with Crippen LogP contribution in [0, 0.1) is 3.95 Å². The van der Waals surface area contributed by atoms with Gasteiger partial charge in [-0.15, -0.1) is 5.10 Å². The fourth-order valence-electron chi connectivity index (χ4n) is 2.37. The van der Waals surface area contributed by atoms with Gasteiger partial charge in [0.05, 0.1) is 22.9 Å². The Morgan fingerprint density at radius 1 is 1.44 bits per heavy atom. The first kappa shape index (κ1) is 18.8. The highest BCUT2D eigenvalue weighted by atomic mass is 35.5. The van der Waals surface area contributed by atoms with Crippen LogP contribution in [0.2, 0.25) is 5.02 Å². The number of amides is 1. The summed E-state index contributed by atoms with van der Waals surface area (Å²) in [4.78, 5) is 12.0. The number of hydrogen-bond acceptors (Lipinski definition) is 7. The number of nitrogens with one attached hydrogen (secondary N) is 1. The van der Waals surface area contributed by atoms with Crippen molar-refractivity contribution < 1.29 is 13.2 Å². The predicted octanol–water partition coefficient (Wildman–Crippen LogP) is 2.71. The number of rotatable bonds is 5. The molecule has 0 saturated carbocycles. The van der Waals surface area contributed by atoms with E-state index >= 15 is 0 Å². The minimum atomic E-state index is -3.00. The molecule has 1 aliphatic heterocycles. The molecule has 1 amide bonds. The van der Waals surface area contributed by atoms with E-state index in [1.54, 1.807) is 16.8 Å². The number of halogens is 1. The first-order valence-corrected chi connectivity index (χ1v) is 11.7. The van der Waals surface area contributed by atoms with Gasteiger partial charge in [-0.3, -0.25) is 4.79 Å². The van der Waals surface area contributed by atoms with Crippen molar-refractivity contribution in [1.82, 2.24) is 15.1 Å². The molecule has 3 rings (SSSR count). The maximum Gasteiger partial charge on any atom is 0.230 e. The van der Waals surface area contributed by atoms with E-state index < -0.39 is 9.84 Å². The van der Waals surface area contributed by atoms with Gasteiger partial charge in [-0.05, 0) is 42.9 Å². The van der Waals surface area contributed by atoms with Gasteiger partial charge < -0.3 is 5.32 Å². The molecule has 1 aromatic heterocycles. The molecule has 0 bridgehead atoms. The van der Waals surface area contributed by atoms with Crippen LogP contribution < -0.4 is 5.32 Å². The topological polar surface area (TPSA) is 81.1 Å². The number of aromatic nitrogens is 2. The lowest BCUT2D eigenvalue weighted by Gasteiger charge is -2.09. The molecular formula is C14H14ClN3O3S4. The summed E-state index contributed by atoms with van der Waals surface area (Å²) in [7, 11) is -3.00. The molecule has 1 fully saturated rings. The van der Waals surface area contributed by atoms with Crippen LogP contribution in [-0.2, 0) is 14.6 Å². The first-order valence-electron chi connectivity index (χ1n) is 7.31. The molecule has 1 aliphatic rings. The summed E-state index contributed by atoms with van der Waals surface area (Å²) in [6.07, 6.45) is 0.475. The number of carbonyl (C=O) groups excluding carboxylic acids is 1. The quantitative estimate of drug-likeness (QED) is 0.574. The smallest absolute Gasteiger partial charge is 0.230 e. The van der Waals surface area contributed by atoms with Crippen molar-refractivity contribution in [2.75, 3.05) is 17.3 Å². The summed E-state index contributed by atoms with van der Waals surface area (Å²) >= 11 is 13.8. The standard InChI is InChI=1S/C14H14ClN3O3S4/c15-9-1-3-11(4-2-9)18-14(22)24-13(17-18)23-7-12(19)16-10-5-6-25(20,21)8-10/h1-4,10H,5-8H2,(H,16,19). The van der Waals surface area contributed by atoms with Crippen LogP contribution in [0.4, 0.5) is 0 Å². The van der Waals surface area contributed by atoms with E-state index in [0.717, 1.165) is 5.69 Å². The zero-order valence-corrected chi connectivity index (χ0v) is 16.9. The summed E-state index contributed by atoms with van der Waals surface area (Å²) in [6.45, 7) is 0. The van der Waals surface area contributed by atoms with Gasteiger partial charge in [0.1, 0.15) is 0 Å². The number of sulfone groups is 1. The molecule has 6 nitrogen and oxygen atoms in total. The third kappa shape index (κ3) is 5.04. The number of benzene rings is 1. The predicted molar refractivity (Wildman–Crippen MR) is 103 cm³/mol. The fraction of sp³-hybridized carbons (Fsp3) is 0.357. The molecule has 0 spiro atoms. The molecule has 2 aromatic rings. The maximum absolute atomic E-state index is 12.0. The average Bonchev–Trinajstić information content (AvgIpc) is 3.08. The van der Waals surface area contributed by atoms with E-state index in [4.69, 9.17) is 23.8 Å². The van der Waals surface area contributed by atoms with Crippen molar-refractivity contribution in [3.63, 3.8) is 0 Å². The van der Waals surface area contributed by atoms with Crippen molar-refractivity contribution in [2.45, 2.75) is 16.8 Å². The van der Waals surface area contributed by atoms with Crippen LogP contribution in [-0.4, -0.2) is 47.4 Å². The van der Waals surface area contributed by atoms with Gasteiger partial charge in [0.25, 0.3) is 0 Å². The third-order valence-corrected chi connectivity index (χ3v) is 7.91. The Labute approximate surface area is 163 Å². The molecule has 11 heteroatoms. The zero-order valence-electron chi connectivity index (χ0n) is 12.8. The van der Waals surface area contributed by atoms with E-state index in [0.29, 0.717) is 19.7 Å². The minimum absolute atomic E-state index is 0.0214. The second-order valence-electron chi connectivity index (χ2n) is 5.48. The normalized spacial score (nSPS) is 19.0. The summed E-state index contributed by atoms with van der Waals surface area (Å²) in [5.41, 5.74) is 0.804. The summed E-state index contributed by atoms with van der Waals surface area (Å²) in [5, 5.41) is 7.80. The van der Waals surface area contributed by atoms with Crippen LogP contribution in [0.3, 0.4) is 0 Å². The van der Waals surface area contributed by atoms with Gasteiger partial charge in [-0.1, -0.05) is 34.7 Å². The Morgan fingerprint density at radius 3 is 2.80 bits per heavy atom. The molecule has 1 N–H and O–H groups in total. The lowest BCUT2D eigenvalue weighted by Crippen LogP contribution is -2.36. The van der Waals surface area contributed by atoms with Crippen molar-refractivity contribution in [3.8, 4) is 5.69 Å². The van der Waals surface area contributed by atoms with Crippen LogP contribution in [0.15, 0.2) is 28.6 Å². The second-order valence-corrected chi connectivity index (χ2v) is 11.0. The van der Waals surface area contributed by atoms with Crippen LogP contribution >= 0.6 is 46.9 Å². The van der Waals surface area contributed by atoms with Crippen molar-refractivity contribution in [1.29, 1.82) is 0 Å². The van der Waals surface area contributed by atoms with Crippen LogP contribution in [0.5, 0.6) is 0 Å². The highest BCUT2D eigenvalue weighted by molar-refractivity contribution is 8.01. The molecular weight excluding hydrogens is 422 g/mol. The third-order valence-electron chi connectivity index (χ3n) is 3.52. The van der Waals surface area contributed by atoms with E-state index in [9.17, 15) is 13.2 Å². The molecule has 1 unspecified atom stereocenters.